The van der Waals surface area contributed by atoms with Crippen molar-refractivity contribution in [2.45, 2.75) is 0 Å². The van der Waals surface area contributed by atoms with E-state index >= 15 is 0 Å². The van der Waals surface area contributed by atoms with E-state index in [1.54, 1.807) is 12.1 Å². The van der Waals surface area contributed by atoms with Gasteiger partial charge in [0.15, 0.2) is 5.06 Å². The van der Waals surface area contributed by atoms with E-state index in [0.717, 1.165) is 11.3 Å². The number of thiophene rings is 1. The predicted molar refractivity (Wildman–Crippen MR) is 61.5 cm³/mol. The lowest BCUT2D eigenvalue weighted by Crippen LogP contribution is -2.05. The van der Waals surface area contributed by atoms with Crippen molar-refractivity contribution in [2.24, 2.45) is 0 Å². The summed E-state index contributed by atoms with van der Waals surface area (Å²) >= 11 is 1.15. The van der Waals surface area contributed by atoms with Crippen molar-refractivity contribution in [3.63, 3.8) is 0 Å². The number of hydrogen-bond acceptors (Lipinski definition) is 6. The molecule has 2 rings (SSSR count). The van der Waals surface area contributed by atoms with Crippen LogP contribution in [0.25, 0.3) is 10.1 Å². The van der Waals surface area contributed by atoms with Crippen LogP contribution in [0.1, 0.15) is 0 Å². The van der Waals surface area contributed by atoms with E-state index in [9.17, 15) is 14.9 Å². The Hall–Kier alpha value is -2.15. The third-order valence-electron chi connectivity index (χ3n) is 2.06. The molecular formula is C10H7NO5S. The molecule has 0 bridgehead atoms. The monoisotopic (exact) mass is 253 g/mol. The van der Waals surface area contributed by atoms with Crippen molar-refractivity contribution in [3.05, 3.63) is 34.4 Å². The van der Waals surface area contributed by atoms with Crippen LogP contribution in [0.4, 0.5) is 10.5 Å². The molecule has 0 N–H and O–H groups in total. The van der Waals surface area contributed by atoms with Gasteiger partial charge in [-0.05, 0) is 6.07 Å². The van der Waals surface area contributed by atoms with Crippen molar-refractivity contribution in [3.8, 4) is 5.06 Å². The van der Waals surface area contributed by atoms with E-state index in [0.29, 0.717) is 10.1 Å². The molecule has 0 atom stereocenters. The maximum Gasteiger partial charge on any atom is 0.514 e. The van der Waals surface area contributed by atoms with Gasteiger partial charge in [0.2, 0.25) is 0 Å². The normalized spacial score (nSPS) is 10.2. The Morgan fingerprint density at radius 1 is 1.47 bits per heavy atom. The molecule has 0 saturated heterocycles. The number of methoxy groups -OCH3 is 1. The molecule has 0 fully saturated rings. The zero-order valence-corrected chi connectivity index (χ0v) is 9.52. The highest BCUT2D eigenvalue weighted by Gasteiger charge is 2.16. The van der Waals surface area contributed by atoms with Gasteiger partial charge in [0.05, 0.1) is 17.4 Å². The number of nitro benzene ring substituents is 1. The number of ether oxygens (including phenoxy) is 2. The highest BCUT2D eigenvalue weighted by atomic mass is 32.1. The summed E-state index contributed by atoms with van der Waals surface area (Å²) < 4.78 is 9.84. The molecule has 0 spiro atoms. The molecule has 0 aliphatic heterocycles. The molecule has 0 saturated carbocycles. The van der Waals surface area contributed by atoms with E-state index in [1.165, 1.54) is 19.2 Å². The molecule has 0 amide bonds. The molecule has 6 nitrogen and oxygen atoms in total. The van der Waals surface area contributed by atoms with Crippen LogP contribution >= 0.6 is 11.3 Å². The van der Waals surface area contributed by atoms with Crippen LogP contribution in [0.3, 0.4) is 0 Å². The summed E-state index contributed by atoms with van der Waals surface area (Å²) in [5.74, 6) is 0. The smallest absolute Gasteiger partial charge is 0.437 e. The highest BCUT2D eigenvalue weighted by molar-refractivity contribution is 7.20. The van der Waals surface area contributed by atoms with Crippen LogP contribution < -0.4 is 4.74 Å². The molecule has 17 heavy (non-hydrogen) atoms. The van der Waals surface area contributed by atoms with E-state index in [-0.39, 0.29) is 10.8 Å². The SMILES string of the molecule is COC(=O)Oc1cc2c([N+](=O)[O-])cccc2s1. The van der Waals surface area contributed by atoms with Crippen molar-refractivity contribution in [1.29, 1.82) is 0 Å². The van der Waals surface area contributed by atoms with Gasteiger partial charge in [-0.3, -0.25) is 10.1 Å². The van der Waals surface area contributed by atoms with Crippen LogP contribution in [-0.2, 0) is 4.74 Å². The second-order valence-electron chi connectivity index (χ2n) is 3.07. The fourth-order valence-electron chi connectivity index (χ4n) is 1.36. The second kappa shape index (κ2) is 4.38. The van der Waals surface area contributed by atoms with Crippen molar-refractivity contribution in [2.75, 3.05) is 7.11 Å². The first-order chi connectivity index (χ1) is 8.11. The summed E-state index contributed by atoms with van der Waals surface area (Å²) in [6.45, 7) is 0. The zero-order chi connectivity index (χ0) is 12.4. The van der Waals surface area contributed by atoms with Gasteiger partial charge in [0.1, 0.15) is 0 Å². The molecule has 1 aromatic heterocycles. The van der Waals surface area contributed by atoms with Crippen LogP contribution in [0.15, 0.2) is 24.3 Å². The van der Waals surface area contributed by atoms with Gasteiger partial charge in [0, 0.05) is 16.8 Å². The first kappa shape index (κ1) is 11.3. The Morgan fingerprint density at radius 2 is 2.24 bits per heavy atom. The quantitative estimate of drug-likeness (QED) is 0.467. The lowest BCUT2D eigenvalue weighted by Gasteiger charge is -1.96. The average Bonchev–Trinajstić information content (AvgIpc) is 2.70. The maximum absolute atomic E-state index is 10.9. The summed E-state index contributed by atoms with van der Waals surface area (Å²) in [7, 11) is 1.19. The molecule has 0 aliphatic rings. The molecular weight excluding hydrogens is 246 g/mol. The van der Waals surface area contributed by atoms with Gasteiger partial charge < -0.3 is 9.47 Å². The number of benzene rings is 1. The van der Waals surface area contributed by atoms with E-state index in [4.69, 9.17) is 4.74 Å². The standard InChI is InChI=1S/C10H7NO5S/c1-15-10(12)16-9-5-6-7(11(13)14)3-2-4-8(6)17-9/h2-5H,1H3. The minimum atomic E-state index is -0.848. The lowest BCUT2D eigenvalue weighted by molar-refractivity contribution is -0.383. The van der Waals surface area contributed by atoms with E-state index in [1.807, 2.05) is 0 Å². The fourth-order valence-corrected chi connectivity index (χ4v) is 2.28. The Balaban J connectivity index is 2.46. The Morgan fingerprint density at radius 3 is 2.88 bits per heavy atom. The van der Waals surface area contributed by atoms with E-state index < -0.39 is 11.1 Å². The molecule has 7 heteroatoms. The van der Waals surface area contributed by atoms with Crippen LogP contribution in [0.5, 0.6) is 5.06 Å². The Bertz CT molecular complexity index is 591. The summed E-state index contributed by atoms with van der Waals surface area (Å²) in [4.78, 5) is 21.2. The molecule has 0 unspecified atom stereocenters. The summed E-state index contributed by atoms with van der Waals surface area (Å²) in [6, 6.07) is 6.15. The number of hydrogen-bond donors (Lipinski definition) is 0. The van der Waals surface area contributed by atoms with E-state index in [2.05, 4.69) is 4.74 Å². The Labute approximate surface area is 99.5 Å². The second-order valence-corrected chi connectivity index (χ2v) is 4.11. The molecule has 1 heterocycles. The van der Waals surface area contributed by atoms with Crippen molar-refractivity contribution < 1.29 is 19.2 Å². The summed E-state index contributed by atoms with van der Waals surface area (Å²) in [5, 5.41) is 11.5. The molecule has 1 aromatic carbocycles. The maximum atomic E-state index is 10.9. The lowest BCUT2D eigenvalue weighted by atomic mass is 10.2. The minimum absolute atomic E-state index is 0.0153. The van der Waals surface area contributed by atoms with Gasteiger partial charge in [-0.25, -0.2) is 4.79 Å². The average molecular weight is 253 g/mol. The highest BCUT2D eigenvalue weighted by Crippen LogP contribution is 2.36. The number of fused-ring (bicyclic) bond motifs is 1. The largest absolute Gasteiger partial charge is 0.514 e. The molecule has 0 radical (unpaired) electrons. The first-order valence-corrected chi connectivity index (χ1v) is 5.36. The van der Waals surface area contributed by atoms with Gasteiger partial charge in [-0.1, -0.05) is 17.4 Å². The number of nitro groups is 1. The minimum Gasteiger partial charge on any atom is -0.437 e. The number of rotatable bonds is 2. The van der Waals surface area contributed by atoms with Crippen molar-refractivity contribution >= 4 is 33.3 Å². The van der Waals surface area contributed by atoms with Crippen LogP contribution in [-0.4, -0.2) is 18.2 Å². The molecule has 2 aromatic rings. The third kappa shape index (κ3) is 2.18. The van der Waals surface area contributed by atoms with Gasteiger partial charge in [-0.15, -0.1) is 0 Å². The third-order valence-corrected chi connectivity index (χ3v) is 3.04. The summed E-state index contributed by atoms with van der Waals surface area (Å²) in [6.07, 6.45) is -0.848. The van der Waals surface area contributed by atoms with Gasteiger partial charge in [0.25, 0.3) is 5.69 Å². The summed E-state index contributed by atoms with van der Waals surface area (Å²) in [5.41, 5.74) is -0.0153. The number of nitrogens with zero attached hydrogens (tertiary/aromatic N) is 1. The first-order valence-electron chi connectivity index (χ1n) is 4.54. The predicted octanol–water partition coefficient (Wildman–Crippen LogP) is 2.95. The number of non-ortho nitro benzene ring substituents is 1. The van der Waals surface area contributed by atoms with Crippen LogP contribution in [0.2, 0.25) is 0 Å². The zero-order valence-electron chi connectivity index (χ0n) is 8.71. The Kier molecular flexibility index (Phi) is 2.92. The van der Waals surface area contributed by atoms with Gasteiger partial charge in [-0.2, -0.15) is 0 Å². The van der Waals surface area contributed by atoms with Gasteiger partial charge >= 0.3 is 6.16 Å². The topological polar surface area (TPSA) is 78.7 Å². The molecule has 0 aliphatic carbocycles. The molecule has 88 valence electrons. The van der Waals surface area contributed by atoms with Crippen LogP contribution in [0, 0.1) is 10.1 Å². The number of carbonyl (C=O) groups excluding carboxylic acids is 1. The number of carbonyl (C=O) groups is 1. The fraction of sp³-hybridized carbons (Fsp3) is 0.100. The van der Waals surface area contributed by atoms with Crippen molar-refractivity contribution in [1.82, 2.24) is 0 Å².